The summed E-state index contributed by atoms with van der Waals surface area (Å²) in [6.07, 6.45) is 12.5. The average molecular weight is 252 g/mol. The molecule has 2 fully saturated rings. The zero-order chi connectivity index (χ0) is 13.0. The second kappa shape index (κ2) is 6.38. The molecule has 106 valence electrons. The van der Waals surface area contributed by atoms with Gasteiger partial charge in [-0.3, -0.25) is 4.90 Å². The Morgan fingerprint density at radius 2 is 1.83 bits per heavy atom. The maximum Gasteiger partial charge on any atom is 0.0337 e. The Kier molecular flexibility index (Phi) is 5.08. The van der Waals surface area contributed by atoms with Crippen molar-refractivity contribution in [2.24, 2.45) is 11.7 Å². The molecule has 2 heteroatoms. The molecule has 2 rings (SSSR count). The maximum atomic E-state index is 6.26. The van der Waals surface area contributed by atoms with E-state index in [0.29, 0.717) is 5.54 Å². The van der Waals surface area contributed by atoms with E-state index in [9.17, 15) is 0 Å². The van der Waals surface area contributed by atoms with Crippen LogP contribution in [0.25, 0.3) is 0 Å². The van der Waals surface area contributed by atoms with E-state index in [2.05, 4.69) is 18.7 Å². The molecule has 0 saturated heterocycles. The smallest absolute Gasteiger partial charge is 0.0337 e. The lowest BCUT2D eigenvalue weighted by atomic mass is 9.73. The first-order chi connectivity index (χ1) is 8.75. The number of nitrogens with zero attached hydrogens (tertiary/aromatic N) is 1. The van der Waals surface area contributed by atoms with E-state index in [-0.39, 0.29) is 0 Å². The second-order valence-corrected chi connectivity index (χ2v) is 6.52. The van der Waals surface area contributed by atoms with Crippen LogP contribution in [0.5, 0.6) is 0 Å². The molecule has 2 saturated carbocycles. The molecule has 0 heterocycles. The lowest BCUT2D eigenvalue weighted by Gasteiger charge is -2.50. The van der Waals surface area contributed by atoms with Crippen LogP contribution in [0.2, 0.25) is 0 Å². The third-order valence-electron chi connectivity index (χ3n) is 5.60. The standard InChI is InChI=1S/C16H32N2/c1-3-14-8-7-11-16(12-14,13-17)18(4-2)15-9-5-6-10-15/h14-15H,3-13,17H2,1-2H3. The lowest BCUT2D eigenvalue weighted by molar-refractivity contribution is 0.00680. The minimum atomic E-state index is 0.336. The van der Waals surface area contributed by atoms with Gasteiger partial charge < -0.3 is 5.73 Å². The zero-order valence-corrected chi connectivity index (χ0v) is 12.5. The highest BCUT2D eigenvalue weighted by molar-refractivity contribution is 4.99. The number of hydrogen-bond acceptors (Lipinski definition) is 2. The van der Waals surface area contributed by atoms with Crippen LogP contribution in [-0.4, -0.2) is 29.6 Å². The van der Waals surface area contributed by atoms with Gasteiger partial charge in [-0.1, -0.05) is 46.0 Å². The average Bonchev–Trinajstić information content (AvgIpc) is 2.93. The molecule has 0 aliphatic heterocycles. The Hall–Kier alpha value is -0.0800. The van der Waals surface area contributed by atoms with Gasteiger partial charge in [-0.05, 0) is 38.1 Å². The Labute approximate surface area is 113 Å². The van der Waals surface area contributed by atoms with Crippen molar-refractivity contribution in [2.75, 3.05) is 13.1 Å². The Balaban J connectivity index is 2.12. The van der Waals surface area contributed by atoms with E-state index in [1.165, 1.54) is 64.3 Å². The van der Waals surface area contributed by atoms with Crippen molar-refractivity contribution in [1.82, 2.24) is 4.90 Å². The van der Waals surface area contributed by atoms with Crippen molar-refractivity contribution < 1.29 is 0 Å². The van der Waals surface area contributed by atoms with E-state index in [1.54, 1.807) is 0 Å². The normalized spacial score (nSPS) is 34.3. The van der Waals surface area contributed by atoms with Crippen LogP contribution in [0.15, 0.2) is 0 Å². The first-order valence-electron chi connectivity index (χ1n) is 8.22. The number of rotatable bonds is 5. The van der Waals surface area contributed by atoms with E-state index in [4.69, 9.17) is 5.73 Å². The lowest BCUT2D eigenvalue weighted by Crippen LogP contribution is -2.59. The SMILES string of the molecule is CCC1CCCC(CN)(N(CC)C2CCCC2)C1. The summed E-state index contributed by atoms with van der Waals surface area (Å²) in [5, 5.41) is 0. The molecule has 2 nitrogen and oxygen atoms in total. The van der Waals surface area contributed by atoms with Crippen LogP contribution in [0.3, 0.4) is 0 Å². The zero-order valence-electron chi connectivity index (χ0n) is 12.5. The van der Waals surface area contributed by atoms with Crippen molar-refractivity contribution in [2.45, 2.75) is 83.2 Å². The van der Waals surface area contributed by atoms with Gasteiger partial charge in [0.25, 0.3) is 0 Å². The van der Waals surface area contributed by atoms with Gasteiger partial charge in [0.2, 0.25) is 0 Å². The Morgan fingerprint density at radius 1 is 1.11 bits per heavy atom. The van der Waals surface area contributed by atoms with Crippen molar-refractivity contribution in [3.63, 3.8) is 0 Å². The molecule has 0 spiro atoms. The first kappa shape index (κ1) is 14.3. The van der Waals surface area contributed by atoms with Gasteiger partial charge in [0.15, 0.2) is 0 Å². The van der Waals surface area contributed by atoms with Crippen LogP contribution >= 0.6 is 0 Å². The topological polar surface area (TPSA) is 29.3 Å². The molecular weight excluding hydrogens is 220 g/mol. The van der Waals surface area contributed by atoms with Crippen LogP contribution in [-0.2, 0) is 0 Å². The van der Waals surface area contributed by atoms with Crippen LogP contribution in [0.4, 0.5) is 0 Å². The van der Waals surface area contributed by atoms with E-state index < -0.39 is 0 Å². The molecule has 0 amide bonds. The highest BCUT2D eigenvalue weighted by Gasteiger charge is 2.42. The quantitative estimate of drug-likeness (QED) is 0.811. The molecule has 2 N–H and O–H groups in total. The Bertz CT molecular complexity index is 247. The fraction of sp³-hybridized carbons (Fsp3) is 1.00. The molecule has 2 aliphatic carbocycles. The van der Waals surface area contributed by atoms with Crippen LogP contribution in [0, 0.1) is 5.92 Å². The fourth-order valence-corrected chi connectivity index (χ4v) is 4.57. The largest absolute Gasteiger partial charge is 0.329 e. The van der Waals surface area contributed by atoms with Gasteiger partial charge in [0.05, 0.1) is 0 Å². The second-order valence-electron chi connectivity index (χ2n) is 6.52. The maximum absolute atomic E-state index is 6.26. The number of likely N-dealkylation sites (N-methyl/N-ethyl adjacent to an activating group) is 1. The molecule has 2 atom stereocenters. The molecule has 18 heavy (non-hydrogen) atoms. The van der Waals surface area contributed by atoms with Gasteiger partial charge in [-0.2, -0.15) is 0 Å². The summed E-state index contributed by atoms with van der Waals surface area (Å²) >= 11 is 0. The highest BCUT2D eigenvalue weighted by Crippen LogP contribution is 2.41. The third-order valence-corrected chi connectivity index (χ3v) is 5.60. The number of nitrogens with two attached hydrogens (primary N) is 1. The minimum Gasteiger partial charge on any atom is -0.329 e. The summed E-state index contributed by atoms with van der Waals surface area (Å²) in [6, 6.07) is 0.828. The summed E-state index contributed by atoms with van der Waals surface area (Å²) in [5.41, 5.74) is 6.59. The minimum absolute atomic E-state index is 0.336. The summed E-state index contributed by atoms with van der Waals surface area (Å²) in [5.74, 6) is 0.915. The fourth-order valence-electron chi connectivity index (χ4n) is 4.57. The highest BCUT2D eigenvalue weighted by atomic mass is 15.2. The summed E-state index contributed by atoms with van der Waals surface area (Å²) < 4.78 is 0. The molecular formula is C16H32N2. The molecule has 0 aromatic rings. The molecule has 0 aromatic heterocycles. The van der Waals surface area contributed by atoms with Gasteiger partial charge in [0.1, 0.15) is 0 Å². The van der Waals surface area contributed by atoms with Gasteiger partial charge >= 0.3 is 0 Å². The molecule has 2 unspecified atom stereocenters. The van der Waals surface area contributed by atoms with Crippen LogP contribution < -0.4 is 5.73 Å². The van der Waals surface area contributed by atoms with E-state index in [1.807, 2.05) is 0 Å². The van der Waals surface area contributed by atoms with E-state index >= 15 is 0 Å². The van der Waals surface area contributed by atoms with Crippen molar-refractivity contribution in [3.05, 3.63) is 0 Å². The molecule has 2 aliphatic rings. The summed E-state index contributed by atoms with van der Waals surface area (Å²) in [7, 11) is 0. The first-order valence-corrected chi connectivity index (χ1v) is 8.22. The predicted octanol–water partition coefficient (Wildman–Crippen LogP) is 3.55. The third kappa shape index (κ3) is 2.75. The summed E-state index contributed by atoms with van der Waals surface area (Å²) in [4.78, 5) is 2.81. The predicted molar refractivity (Wildman–Crippen MR) is 78.7 cm³/mol. The van der Waals surface area contributed by atoms with Gasteiger partial charge in [-0.15, -0.1) is 0 Å². The van der Waals surface area contributed by atoms with Gasteiger partial charge in [-0.25, -0.2) is 0 Å². The van der Waals surface area contributed by atoms with Crippen molar-refractivity contribution in [3.8, 4) is 0 Å². The van der Waals surface area contributed by atoms with Crippen molar-refractivity contribution in [1.29, 1.82) is 0 Å². The van der Waals surface area contributed by atoms with Gasteiger partial charge in [0, 0.05) is 18.1 Å². The molecule has 0 radical (unpaired) electrons. The van der Waals surface area contributed by atoms with Crippen LogP contribution in [0.1, 0.15) is 71.6 Å². The molecule has 0 aromatic carbocycles. The Morgan fingerprint density at radius 3 is 2.39 bits per heavy atom. The number of hydrogen-bond donors (Lipinski definition) is 1. The van der Waals surface area contributed by atoms with E-state index in [0.717, 1.165) is 18.5 Å². The monoisotopic (exact) mass is 252 g/mol. The molecule has 0 bridgehead atoms. The summed E-state index contributed by atoms with van der Waals surface area (Å²) in [6.45, 7) is 6.75. The van der Waals surface area contributed by atoms with Crippen molar-refractivity contribution >= 4 is 0 Å².